The Labute approximate surface area is 271 Å². The van der Waals surface area contributed by atoms with E-state index < -0.39 is 28.5 Å². The van der Waals surface area contributed by atoms with E-state index in [1.807, 2.05) is 75.4 Å². The lowest BCUT2D eigenvalue weighted by atomic mass is 10.0. The molecule has 1 N–H and O–H groups in total. The molecule has 4 aromatic rings. The molecule has 2 amide bonds. The van der Waals surface area contributed by atoms with E-state index in [1.165, 1.54) is 37.3 Å². The van der Waals surface area contributed by atoms with Crippen molar-refractivity contribution in [2.75, 3.05) is 31.6 Å². The minimum atomic E-state index is -4.25. The third-order valence-electron chi connectivity index (χ3n) is 7.77. The molecule has 0 bridgehead atoms. The zero-order valence-corrected chi connectivity index (χ0v) is 27.7. The number of carbonyl (C=O) groups is 2. The summed E-state index contributed by atoms with van der Waals surface area (Å²) < 4.78 is 40.4. The number of benzene rings is 4. The third-order valence-corrected chi connectivity index (χ3v) is 9.56. The topological polar surface area (TPSA) is 105 Å². The predicted molar refractivity (Wildman–Crippen MR) is 180 cm³/mol. The van der Waals surface area contributed by atoms with Gasteiger partial charge in [-0.2, -0.15) is 0 Å². The van der Waals surface area contributed by atoms with Crippen molar-refractivity contribution in [3.63, 3.8) is 0 Å². The standard InChI is InChI=1S/C36H41N3O6S/c1-6-37-36(41)32(22-28-13-8-7-9-14-28)38(24-29-15-11-10-12-27(29)3)35(40)25-39(30-18-21-33(44-4)34(23-30)45-5)46(42,43)31-19-16-26(2)17-20-31/h7-21,23,32H,6,22,24-25H2,1-5H3,(H,37,41)/t32-/m1/s1. The van der Waals surface area contributed by atoms with Crippen LogP contribution in [0, 0.1) is 13.8 Å². The van der Waals surface area contributed by atoms with Gasteiger partial charge < -0.3 is 19.7 Å². The average Bonchev–Trinajstić information content (AvgIpc) is 3.06. The van der Waals surface area contributed by atoms with Gasteiger partial charge in [-0.3, -0.25) is 13.9 Å². The lowest BCUT2D eigenvalue weighted by molar-refractivity contribution is -0.140. The summed E-state index contributed by atoms with van der Waals surface area (Å²) in [5, 5.41) is 2.88. The summed E-state index contributed by atoms with van der Waals surface area (Å²) in [6.07, 6.45) is 0.241. The van der Waals surface area contributed by atoms with Crippen molar-refractivity contribution in [1.29, 1.82) is 0 Å². The third kappa shape index (κ3) is 8.06. The molecule has 0 aliphatic carbocycles. The molecular weight excluding hydrogens is 602 g/mol. The first-order valence-electron chi connectivity index (χ1n) is 15.1. The van der Waals surface area contributed by atoms with Gasteiger partial charge >= 0.3 is 0 Å². The van der Waals surface area contributed by atoms with Crippen LogP contribution in [-0.2, 0) is 32.6 Å². The van der Waals surface area contributed by atoms with E-state index in [-0.39, 0.29) is 29.5 Å². The summed E-state index contributed by atoms with van der Waals surface area (Å²) in [5.41, 5.74) is 3.75. The fourth-order valence-electron chi connectivity index (χ4n) is 5.16. The van der Waals surface area contributed by atoms with Crippen LogP contribution in [0.15, 0.2) is 102 Å². The number of nitrogens with one attached hydrogen (secondary N) is 1. The van der Waals surface area contributed by atoms with Crippen LogP contribution in [-0.4, -0.2) is 58.5 Å². The number of amides is 2. The van der Waals surface area contributed by atoms with Gasteiger partial charge in [0, 0.05) is 25.6 Å². The zero-order valence-electron chi connectivity index (χ0n) is 26.9. The molecule has 0 saturated carbocycles. The lowest BCUT2D eigenvalue weighted by Gasteiger charge is -2.34. The van der Waals surface area contributed by atoms with Crippen LogP contribution < -0.4 is 19.1 Å². The Morgan fingerprint density at radius 2 is 1.48 bits per heavy atom. The van der Waals surface area contributed by atoms with Crippen molar-refractivity contribution in [3.8, 4) is 11.5 Å². The van der Waals surface area contributed by atoms with Gasteiger partial charge in [0.05, 0.1) is 24.8 Å². The van der Waals surface area contributed by atoms with E-state index in [9.17, 15) is 18.0 Å². The summed E-state index contributed by atoms with van der Waals surface area (Å²) in [7, 11) is -1.31. The Morgan fingerprint density at radius 1 is 0.826 bits per heavy atom. The van der Waals surface area contributed by atoms with Gasteiger partial charge in [-0.25, -0.2) is 8.42 Å². The highest BCUT2D eigenvalue weighted by Crippen LogP contribution is 2.34. The summed E-state index contributed by atoms with van der Waals surface area (Å²) in [4.78, 5) is 29.7. The minimum Gasteiger partial charge on any atom is -0.493 e. The first kappa shape index (κ1) is 34.1. The van der Waals surface area contributed by atoms with E-state index in [0.29, 0.717) is 18.0 Å². The van der Waals surface area contributed by atoms with E-state index >= 15 is 0 Å². The van der Waals surface area contributed by atoms with Crippen molar-refractivity contribution >= 4 is 27.5 Å². The van der Waals surface area contributed by atoms with Crippen LogP contribution in [0.25, 0.3) is 0 Å². The SMILES string of the molecule is CCNC(=O)[C@@H](Cc1ccccc1)N(Cc1ccccc1C)C(=O)CN(c1ccc(OC)c(OC)c1)S(=O)(=O)c1ccc(C)cc1. The number of hydrogen-bond donors (Lipinski definition) is 1. The number of hydrogen-bond acceptors (Lipinski definition) is 6. The number of ether oxygens (including phenoxy) is 2. The monoisotopic (exact) mass is 643 g/mol. The number of methoxy groups -OCH3 is 2. The Hall–Kier alpha value is -4.83. The van der Waals surface area contributed by atoms with E-state index in [1.54, 1.807) is 24.3 Å². The molecule has 46 heavy (non-hydrogen) atoms. The highest BCUT2D eigenvalue weighted by Gasteiger charge is 2.35. The van der Waals surface area contributed by atoms with Crippen LogP contribution in [0.3, 0.4) is 0 Å². The van der Waals surface area contributed by atoms with E-state index in [4.69, 9.17) is 9.47 Å². The van der Waals surface area contributed by atoms with Crippen LogP contribution >= 0.6 is 0 Å². The maximum atomic E-state index is 14.6. The van der Waals surface area contributed by atoms with Gasteiger partial charge in [-0.05, 0) is 61.7 Å². The second kappa shape index (κ2) is 15.4. The second-order valence-electron chi connectivity index (χ2n) is 10.9. The second-order valence-corrected chi connectivity index (χ2v) is 12.8. The van der Waals surface area contributed by atoms with Crippen molar-refractivity contribution in [3.05, 3.63) is 119 Å². The Morgan fingerprint density at radius 3 is 2.11 bits per heavy atom. The average molecular weight is 644 g/mol. The highest BCUT2D eigenvalue weighted by atomic mass is 32.2. The summed E-state index contributed by atoms with van der Waals surface area (Å²) in [6.45, 7) is 5.53. The molecule has 9 nitrogen and oxygen atoms in total. The molecule has 242 valence electrons. The number of carbonyl (C=O) groups excluding carboxylic acids is 2. The Kier molecular flexibility index (Phi) is 11.4. The van der Waals surface area contributed by atoms with Crippen LogP contribution in [0.2, 0.25) is 0 Å². The molecule has 10 heteroatoms. The first-order chi connectivity index (χ1) is 22.1. The maximum absolute atomic E-state index is 14.6. The van der Waals surface area contributed by atoms with Crippen molar-refractivity contribution < 1.29 is 27.5 Å². The number of aryl methyl sites for hydroxylation is 2. The maximum Gasteiger partial charge on any atom is 0.264 e. The minimum absolute atomic E-state index is 0.0238. The van der Waals surface area contributed by atoms with Gasteiger partial charge in [0.25, 0.3) is 10.0 Å². The fraction of sp³-hybridized carbons (Fsp3) is 0.278. The number of anilines is 1. The first-order valence-corrected chi connectivity index (χ1v) is 16.5. The molecule has 1 atom stereocenters. The van der Waals surface area contributed by atoms with Gasteiger partial charge in [0.2, 0.25) is 11.8 Å². The molecular formula is C36H41N3O6S. The molecule has 0 aromatic heterocycles. The summed E-state index contributed by atoms with van der Waals surface area (Å²) in [6, 6.07) is 27.3. The van der Waals surface area contributed by atoms with Gasteiger partial charge in [0.15, 0.2) is 11.5 Å². The molecule has 0 aliphatic rings. The van der Waals surface area contributed by atoms with Crippen molar-refractivity contribution in [2.24, 2.45) is 0 Å². The number of likely N-dealkylation sites (N-methyl/N-ethyl adjacent to an activating group) is 1. The van der Waals surface area contributed by atoms with E-state index in [2.05, 4.69) is 5.32 Å². The molecule has 0 aliphatic heterocycles. The Balaban J connectivity index is 1.84. The molecule has 4 rings (SSSR count). The van der Waals surface area contributed by atoms with Gasteiger partial charge in [-0.15, -0.1) is 0 Å². The summed E-state index contributed by atoms with van der Waals surface area (Å²) >= 11 is 0. The fourth-order valence-corrected chi connectivity index (χ4v) is 6.57. The number of rotatable bonds is 14. The number of sulfonamides is 1. The molecule has 0 radical (unpaired) electrons. The lowest BCUT2D eigenvalue weighted by Crippen LogP contribution is -2.53. The van der Waals surface area contributed by atoms with Crippen molar-refractivity contribution in [1.82, 2.24) is 10.2 Å². The summed E-state index contributed by atoms with van der Waals surface area (Å²) in [5.74, 6) is -0.156. The Bertz CT molecular complexity index is 1740. The number of nitrogens with zero attached hydrogens (tertiary/aromatic N) is 2. The van der Waals surface area contributed by atoms with Crippen LogP contribution in [0.4, 0.5) is 5.69 Å². The predicted octanol–water partition coefficient (Wildman–Crippen LogP) is 5.29. The molecule has 4 aromatic carbocycles. The van der Waals surface area contributed by atoms with Gasteiger partial charge in [0.1, 0.15) is 12.6 Å². The molecule has 0 heterocycles. The smallest absolute Gasteiger partial charge is 0.264 e. The molecule has 0 saturated heterocycles. The molecule has 0 spiro atoms. The zero-order chi connectivity index (χ0) is 33.3. The largest absolute Gasteiger partial charge is 0.493 e. The quantitative estimate of drug-likeness (QED) is 0.200. The van der Waals surface area contributed by atoms with Crippen LogP contribution in [0.5, 0.6) is 11.5 Å². The van der Waals surface area contributed by atoms with E-state index in [0.717, 1.165) is 26.6 Å². The molecule has 0 unspecified atom stereocenters. The van der Waals surface area contributed by atoms with Gasteiger partial charge in [-0.1, -0.05) is 72.3 Å². The van der Waals surface area contributed by atoms with Crippen LogP contribution in [0.1, 0.15) is 29.2 Å². The highest BCUT2D eigenvalue weighted by molar-refractivity contribution is 7.92. The van der Waals surface area contributed by atoms with Crippen molar-refractivity contribution in [2.45, 2.75) is 44.7 Å². The normalized spacial score (nSPS) is 11.8. The molecule has 0 fully saturated rings.